The molecule has 1 unspecified atom stereocenters. The number of aromatic nitrogens is 2. The molecule has 0 saturated carbocycles. The van der Waals surface area contributed by atoms with Crippen molar-refractivity contribution in [1.82, 2.24) is 9.36 Å². The maximum absolute atomic E-state index is 13.0. The highest BCUT2D eigenvalue weighted by molar-refractivity contribution is 8.00. The van der Waals surface area contributed by atoms with E-state index in [0.29, 0.717) is 11.4 Å². The van der Waals surface area contributed by atoms with Crippen LogP contribution in [0, 0.1) is 6.92 Å². The minimum absolute atomic E-state index is 0.213. The standard InChI is InChI=1S/C25H24N4O4S/c1-16-22(25(32)29(28(16)3)19-10-5-4-6-11-19)27-23(30)17(2)34-20-12-7-9-18(15-20)26-24(31)21-13-8-14-33-21/h4-15,17H,1-3H3,(H,26,31)(H,27,30). The number of benzene rings is 2. The summed E-state index contributed by atoms with van der Waals surface area (Å²) in [5, 5.41) is 5.09. The van der Waals surface area contributed by atoms with Crippen molar-refractivity contribution in [3.05, 3.63) is 94.8 Å². The number of nitrogens with zero attached hydrogens (tertiary/aromatic N) is 2. The quantitative estimate of drug-likeness (QED) is 0.384. The van der Waals surface area contributed by atoms with E-state index < -0.39 is 5.25 Å². The number of hydrogen-bond acceptors (Lipinski definition) is 5. The minimum Gasteiger partial charge on any atom is -0.459 e. The van der Waals surface area contributed by atoms with Gasteiger partial charge in [-0.2, -0.15) is 0 Å². The van der Waals surface area contributed by atoms with Crippen molar-refractivity contribution in [2.75, 3.05) is 10.6 Å². The summed E-state index contributed by atoms with van der Waals surface area (Å²) in [5.74, 6) is -0.432. The summed E-state index contributed by atoms with van der Waals surface area (Å²) >= 11 is 1.33. The van der Waals surface area contributed by atoms with Crippen LogP contribution >= 0.6 is 11.8 Å². The molecule has 2 aromatic heterocycles. The molecule has 0 fully saturated rings. The van der Waals surface area contributed by atoms with Crippen LogP contribution in [0.4, 0.5) is 11.4 Å². The van der Waals surface area contributed by atoms with Gasteiger partial charge in [-0.15, -0.1) is 11.8 Å². The van der Waals surface area contributed by atoms with Crippen LogP contribution in [0.1, 0.15) is 23.2 Å². The molecule has 174 valence electrons. The van der Waals surface area contributed by atoms with Crippen LogP contribution in [-0.2, 0) is 11.8 Å². The lowest BCUT2D eigenvalue weighted by Crippen LogP contribution is -2.27. The van der Waals surface area contributed by atoms with Crippen LogP contribution in [-0.4, -0.2) is 26.4 Å². The molecule has 34 heavy (non-hydrogen) atoms. The molecule has 0 bridgehead atoms. The predicted octanol–water partition coefficient (Wildman–Crippen LogP) is 4.45. The van der Waals surface area contributed by atoms with Crippen molar-refractivity contribution >= 4 is 35.0 Å². The Kier molecular flexibility index (Phi) is 6.74. The minimum atomic E-state index is -0.486. The summed E-state index contributed by atoms with van der Waals surface area (Å²) in [7, 11) is 1.78. The molecular formula is C25H24N4O4S. The summed E-state index contributed by atoms with van der Waals surface area (Å²) in [5.41, 5.74) is 1.92. The van der Waals surface area contributed by atoms with Gasteiger partial charge in [-0.25, -0.2) is 4.68 Å². The first-order valence-electron chi connectivity index (χ1n) is 10.6. The van der Waals surface area contributed by atoms with E-state index in [0.717, 1.165) is 10.6 Å². The van der Waals surface area contributed by atoms with Gasteiger partial charge in [0.05, 0.1) is 22.9 Å². The van der Waals surface area contributed by atoms with E-state index in [9.17, 15) is 14.4 Å². The molecule has 2 heterocycles. The molecule has 2 aromatic carbocycles. The largest absolute Gasteiger partial charge is 0.459 e. The number of thioether (sulfide) groups is 1. The fourth-order valence-corrected chi connectivity index (χ4v) is 4.37. The molecule has 0 spiro atoms. The first-order chi connectivity index (χ1) is 16.3. The lowest BCUT2D eigenvalue weighted by atomic mass is 10.3. The van der Waals surface area contributed by atoms with Crippen LogP contribution in [0.2, 0.25) is 0 Å². The number of furan rings is 1. The Labute approximate surface area is 200 Å². The van der Waals surface area contributed by atoms with Crippen molar-refractivity contribution in [2.45, 2.75) is 24.0 Å². The molecule has 0 aliphatic carbocycles. The molecule has 4 rings (SSSR count). The van der Waals surface area contributed by atoms with E-state index in [1.54, 1.807) is 55.9 Å². The zero-order chi connectivity index (χ0) is 24.2. The molecule has 0 radical (unpaired) electrons. The highest BCUT2D eigenvalue weighted by Crippen LogP contribution is 2.27. The smallest absolute Gasteiger partial charge is 0.295 e. The van der Waals surface area contributed by atoms with Gasteiger partial charge < -0.3 is 15.1 Å². The van der Waals surface area contributed by atoms with E-state index in [1.807, 2.05) is 36.4 Å². The summed E-state index contributed by atoms with van der Waals surface area (Å²) in [4.78, 5) is 39.0. The van der Waals surface area contributed by atoms with Gasteiger partial charge >= 0.3 is 0 Å². The molecule has 4 aromatic rings. The average Bonchev–Trinajstić information content (AvgIpc) is 3.44. The van der Waals surface area contributed by atoms with E-state index in [1.165, 1.54) is 22.7 Å². The first-order valence-corrected chi connectivity index (χ1v) is 11.5. The second-order valence-corrected chi connectivity index (χ2v) is 9.06. The number of amides is 2. The van der Waals surface area contributed by atoms with E-state index in [2.05, 4.69) is 10.6 Å². The fraction of sp³-hybridized carbons (Fsp3) is 0.160. The Balaban J connectivity index is 1.46. The van der Waals surface area contributed by atoms with Gasteiger partial charge in [-0.05, 0) is 56.3 Å². The molecule has 1 atom stereocenters. The topological polar surface area (TPSA) is 98.3 Å². The average molecular weight is 477 g/mol. The molecule has 2 N–H and O–H groups in total. The van der Waals surface area contributed by atoms with E-state index in [-0.39, 0.29) is 28.8 Å². The Morgan fingerprint density at radius 2 is 1.76 bits per heavy atom. The maximum Gasteiger partial charge on any atom is 0.295 e. The Morgan fingerprint density at radius 1 is 1.00 bits per heavy atom. The van der Waals surface area contributed by atoms with Gasteiger partial charge in [0, 0.05) is 17.6 Å². The van der Waals surface area contributed by atoms with Gasteiger partial charge in [-0.1, -0.05) is 24.3 Å². The number of para-hydroxylation sites is 1. The van der Waals surface area contributed by atoms with Crippen molar-refractivity contribution in [2.24, 2.45) is 7.05 Å². The Morgan fingerprint density at radius 3 is 2.47 bits per heavy atom. The zero-order valence-electron chi connectivity index (χ0n) is 18.9. The third-order valence-corrected chi connectivity index (χ3v) is 6.42. The Hall–Kier alpha value is -3.98. The maximum atomic E-state index is 13.0. The fourth-order valence-electron chi connectivity index (χ4n) is 3.44. The molecule has 0 aliphatic rings. The molecule has 8 nitrogen and oxygen atoms in total. The summed E-state index contributed by atoms with van der Waals surface area (Å²) < 4.78 is 8.35. The molecule has 0 aliphatic heterocycles. The lowest BCUT2D eigenvalue weighted by molar-refractivity contribution is -0.115. The predicted molar refractivity (Wildman–Crippen MR) is 133 cm³/mol. The first kappa shape index (κ1) is 23.2. The number of anilines is 2. The van der Waals surface area contributed by atoms with Gasteiger partial charge in [0.1, 0.15) is 5.69 Å². The van der Waals surface area contributed by atoms with Crippen LogP contribution in [0.5, 0.6) is 0 Å². The monoisotopic (exact) mass is 476 g/mol. The Bertz CT molecular complexity index is 1370. The third kappa shape index (κ3) is 4.84. The molecule has 9 heteroatoms. The number of hydrogen-bond donors (Lipinski definition) is 2. The van der Waals surface area contributed by atoms with Gasteiger partial charge in [-0.3, -0.25) is 19.1 Å². The highest BCUT2D eigenvalue weighted by Gasteiger charge is 2.21. The number of nitrogens with one attached hydrogen (secondary N) is 2. The van der Waals surface area contributed by atoms with Crippen molar-refractivity contribution in [3.8, 4) is 5.69 Å². The molecular weight excluding hydrogens is 452 g/mol. The van der Waals surface area contributed by atoms with Crippen LogP contribution < -0.4 is 16.2 Å². The summed E-state index contributed by atoms with van der Waals surface area (Å²) in [6.07, 6.45) is 1.44. The van der Waals surface area contributed by atoms with Crippen LogP contribution in [0.3, 0.4) is 0 Å². The van der Waals surface area contributed by atoms with Crippen molar-refractivity contribution in [3.63, 3.8) is 0 Å². The van der Waals surface area contributed by atoms with Crippen molar-refractivity contribution in [1.29, 1.82) is 0 Å². The van der Waals surface area contributed by atoms with Gasteiger partial charge in [0.15, 0.2) is 5.76 Å². The van der Waals surface area contributed by atoms with Gasteiger partial charge in [0.25, 0.3) is 11.5 Å². The van der Waals surface area contributed by atoms with E-state index in [4.69, 9.17) is 4.42 Å². The summed E-state index contributed by atoms with van der Waals surface area (Å²) in [6.45, 7) is 3.56. The number of carbonyl (C=O) groups excluding carboxylic acids is 2. The second-order valence-electron chi connectivity index (χ2n) is 7.65. The van der Waals surface area contributed by atoms with Crippen LogP contribution in [0.15, 0.2) is 87.1 Å². The number of rotatable bonds is 7. The lowest BCUT2D eigenvalue weighted by Gasteiger charge is -2.12. The molecule has 2 amide bonds. The third-order valence-electron chi connectivity index (χ3n) is 5.32. The summed E-state index contributed by atoms with van der Waals surface area (Å²) in [6, 6.07) is 19.7. The second kappa shape index (κ2) is 9.88. The SMILES string of the molecule is Cc1c(NC(=O)C(C)Sc2cccc(NC(=O)c3ccco3)c2)c(=O)n(-c2ccccc2)n1C. The molecule has 0 saturated heterocycles. The highest BCUT2D eigenvalue weighted by atomic mass is 32.2. The normalized spacial score (nSPS) is 11.7. The zero-order valence-corrected chi connectivity index (χ0v) is 19.8. The van der Waals surface area contributed by atoms with Crippen molar-refractivity contribution < 1.29 is 14.0 Å². The van der Waals surface area contributed by atoms with E-state index >= 15 is 0 Å². The number of carbonyl (C=O) groups is 2. The van der Waals surface area contributed by atoms with Crippen LogP contribution in [0.25, 0.3) is 5.69 Å². The van der Waals surface area contributed by atoms with Gasteiger partial charge in [0.2, 0.25) is 5.91 Å².